The van der Waals surface area contributed by atoms with Crippen molar-refractivity contribution in [2.45, 2.75) is 65.1 Å². The predicted octanol–water partition coefficient (Wildman–Crippen LogP) is 6.21. The zero-order chi connectivity index (χ0) is 25.1. The summed E-state index contributed by atoms with van der Waals surface area (Å²) >= 11 is 0. The highest BCUT2D eigenvalue weighted by atomic mass is 19.4. The van der Waals surface area contributed by atoms with E-state index in [1.54, 1.807) is 32.9 Å². The van der Waals surface area contributed by atoms with E-state index in [4.69, 9.17) is 4.74 Å². The molecular weight excluding hydrogens is 447 g/mol. The monoisotopic (exact) mass is 479 g/mol. The lowest BCUT2D eigenvalue weighted by Crippen LogP contribution is -2.49. The number of carbonyl (C=O) groups excluding carboxylic acids is 1. The van der Waals surface area contributed by atoms with Gasteiger partial charge in [0.05, 0.1) is 18.1 Å². The van der Waals surface area contributed by atoms with Gasteiger partial charge in [-0.25, -0.2) is 4.79 Å². The van der Waals surface area contributed by atoms with E-state index < -0.39 is 35.4 Å². The Bertz CT molecular complexity index is 1020. The maximum atomic E-state index is 13.1. The van der Waals surface area contributed by atoms with Crippen LogP contribution in [0.1, 0.15) is 63.2 Å². The van der Waals surface area contributed by atoms with Crippen LogP contribution in [0, 0.1) is 17.3 Å². The van der Waals surface area contributed by atoms with Crippen molar-refractivity contribution in [2.75, 3.05) is 6.61 Å². The number of alkyl halides is 3. The van der Waals surface area contributed by atoms with Gasteiger partial charge in [-0.15, -0.1) is 0 Å². The third-order valence-electron chi connectivity index (χ3n) is 6.59. The molecule has 0 spiro atoms. The number of hydrogen-bond acceptors (Lipinski definition) is 3. The Morgan fingerprint density at radius 1 is 1.06 bits per heavy atom. The second kappa shape index (κ2) is 10.2. The fraction of sp³-hybridized carbons (Fsp3) is 0.538. The van der Waals surface area contributed by atoms with Crippen LogP contribution in [0.5, 0.6) is 5.75 Å². The summed E-state index contributed by atoms with van der Waals surface area (Å²) in [4.78, 5) is 24.8. The maximum Gasteiger partial charge on any atom is 0.391 e. The summed E-state index contributed by atoms with van der Waals surface area (Å²) in [6.45, 7) is 5.46. The zero-order valence-corrected chi connectivity index (χ0v) is 19.7. The third kappa shape index (κ3) is 6.21. The Morgan fingerprint density at radius 2 is 1.71 bits per heavy atom. The molecule has 8 heteroatoms. The number of rotatable bonds is 7. The third-order valence-corrected chi connectivity index (χ3v) is 6.59. The SMILES string of the molecule is CC(C)(C)[C@H](NC(=O)c1ccc2ccccc2c1OCC[C@H]1CC[C@@H](C(F)(F)F)CC1)C(=O)O. The number of halogens is 3. The highest BCUT2D eigenvalue weighted by Crippen LogP contribution is 2.40. The van der Waals surface area contributed by atoms with E-state index in [0.29, 0.717) is 25.0 Å². The molecule has 5 nitrogen and oxygen atoms in total. The van der Waals surface area contributed by atoms with E-state index in [1.165, 1.54) is 0 Å². The smallest absolute Gasteiger partial charge is 0.391 e. The molecule has 1 aliphatic rings. The first-order chi connectivity index (χ1) is 15.9. The molecule has 1 aliphatic carbocycles. The molecule has 0 aliphatic heterocycles. The molecule has 3 rings (SSSR count). The first-order valence-corrected chi connectivity index (χ1v) is 11.6. The van der Waals surface area contributed by atoms with Gasteiger partial charge in [-0.2, -0.15) is 13.2 Å². The quantitative estimate of drug-likeness (QED) is 0.495. The molecule has 1 amide bonds. The maximum absolute atomic E-state index is 13.1. The summed E-state index contributed by atoms with van der Waals surface area (Å²) < 4.78 is 44.8. The number of amides is 1. The summed E-state index contributed by atoms with van der Waals surface area (Å²) in [5, 5.41) is 13.8. The summed E-state index contributed by atoms with van der Waals surface area (Å²) in [6.07, 6.45) is -2.26. The van der Waals surface area contributed by atoms with Gasteiger partial charge in [0, 0.05) is 5.39 Å². The standard InChI is InChI=1S/C26H32F3NO4/c1-25(2,3)22(24(32)33)30-23(31)20-13-10-17-6-4-5-7-19(17)21(20)34-15-14-16-8-11-18(12-9-16)26(27,28)29/h4-7,10,13,16,18,22H,8-9,11-12,14-15H2,1-3H3,(H,30,31)(H,32,33)/t16-,18+,22-/m1/s1. The topological polar surface area (TPSA) is 75.6 Å². The van der Waals surface area contributed by atoms with Gasteiger partial charge in [-0.05, 0) is 54.9 Å². The lowest BCUT2D eigenvalue weighted by Gasteiger charge is -2.30. The number of benzene rings is 2. The Kier molecular flexibility index (Phi) is 7.78. The van der Waals surface area contributed by atoms with Crippen molar-refractivity contribution >= 4 is 22.6 Å². The number of aliphatic carboxylic acids is 1. The molecule has 34 heavy (non-hydrogen) atoms. The van der Waals surface area contributed by atoms with Crippen LogP contribution < -0.4 is 10.1 Å². The lowest BCUT2D eigenvalue weighted by atomic mass is 9.80. The Morgan fingerprint density at radius 3 is 2.29 bits per heavy atom. The number of fused-ring (bicyclic) bond motifs is 1. The molecule has 0 bridgehead atoms. The van der Waals surface area contributed by atoms with Crippen LogP contribution in [0.4, 0.5) is 13.2 Å². The predicted molar refractivity (Wildman–Crippen MR) is 124 cm³/mol. The van der Waals surface area contributed by atoms with Crippen LogP contribution in [0.15, 0.2) is 36.4 Å². The van der Waals surface area contributed by atoms with E-state index in [1.807, 2.05) is 24.3 Å². The molecule has 1 fully saturated rings. The minimum atomic E-state index is -4.13. The van der Waals surface area contributed by atoms with Crippen LogP contribution >= 0.6 is 0 Å². The normalized spacial score (nSPS) is 20.1. The molecule has 0 saturated heterocycles. The largest absolute Gasteiger partial charge is 0.492 e. The van der Waals surface area contributed by atoms with E-state index in [2.05, 4.69) is 5.32 Å². The fourth-order valence-electron chi connectivity index (χ4n) is 4.54. The van der Waals surface area contributed by atoms with Gasteiger partial charge in [0.25, 0.3) is 5.91 Å². The molecule has 1 atom stereocenters. The highest BCUT2D eigenvalue weighted by molar-refractivity contribution is 6.05. The van der Waals surface area contributed by atoms with Gasteiger partial charge in [0.1, 0.15) is 11.8 Å². The number of carboxylic acid groups (broad SMARTS) is 1. The summed E-state index contributed by atoms with van der Waals surface area (Å²) in [5.74, 6) is -2.39. The van der Waals surface area contributed by atoms with Gasteiger partial charge < -0.3 is 15.2 Å². The molecule has 0 unspecified atom stereocenters. The molecule has 0 heterocycles. The first-order valence-electron chi connectivity index (χ1n) is 11.6. The van der Waals surface area contributed by atoms with Crippen LogP contribution in [0.2, 0.25) is 0 Å². The number of hydrogen-bond donors (Lipinski definition) is 2. The van der Waals surface area contributed by atoms with Crippen LogP contribution in [-0.4, -0.2) is 35.8 Å². The molecule has 2 N–H and O–H groups in total. The van der Waals surface area contributed by atoms with Crippen molar-refractivity contribution in [3.05, 3.63) is 42.0 Å². The van der Waals surface area contributed by atoms with E-state index >= 15 is 0 Å². The van der Waals surface area contributed by atoms with Gasteiger partial charge in [0.15, 0.2) is 0 Å². The number of ether oxygens (including phenoxy) is 1. The average Bonchev–Trinajstić information content (AvgIpc) is 2.76. The van der Waals surface area contributed by atoms with Crippen LogP contribution in [0.25, 0.3) is 10.8 Å². The molecule has 0 aromatic heterocycles. The van der Waals surface area contributed by atoms with Gasteiger partial charge in [0.2, 0.25) is 0 Å². The van der Waals surface area contributed by atoms with Crippen LogP contribution in [-0.2, 0) is 4.79 Å². The summed E-state index contributed by atoms with van der Waals surface area (Å²) in [7, 11) is 0. The second-order valence-electron chi connectivity index (χ2n) is 10.2. The molecular formula is C26H32F3NO4. The van der Waals surface area contributed by atoms with Crippen molar-refractivity contribution in [1.29, 1.82) is 0 Å². The highest BCUT2D eigenvalue weighted by Gasteiger charge is 2.41. The van der Waals surface area contributed by atoms with Crippen LogP contribution in [0.3, 0.4) is 0 Å². The number of carboxylic acids is 1. The zero-order valence-electron chi connectivity index (χ0n) is 19.7. The number of carbonyl (C=O) groups is 2. The summed E-state index contributed by atoms with van der Waals surface area (Å²) in [6, 6.07) is 9.70. The van der Waals surface area contributed by atoms with E-state index in [0.717, 1.165) is 10.8 Å². The summed E-state index contributed by atoms with van der Waals surface area (Å²) in [5.41, 5.74) is -0.468. The van der Waals surface area contributed by atoms with Gasteiger partial charge >= 0.3 is 12.1 Å². The van der Waals surface area contributed by atoms with Crippen molar-refractivity contribution in [3.8, 4) is 5.75 Å². The van der Waals surface area contributed by atoms with Gasteiger partial charge in [-0.1, -0.05) is 51.1 Å². The average molecular weight is 480 g/mol. The molecule has 186 valence electrons. The minimum absolute atomic E-state index is 0.138. The van der Waals surface area contributed by atoms with Crippen molar-refractivity contribution in [3.63, 3.8) is 0 Å². The minimum Gasteiger partial charge on any atom is -0.492 e. The molecule has 1 saturated carbocycles. The lowest BCUT2D eigenvalue weighted by molar-refractivity contribution is -0.184. The van der Waals surface area contributed by atoms with Crippen molar-refractivity contribution < 1.29 is 32.6 Å². The molecule has 0 radical (unpaired) electrons. The molecule has 2 aromatic rings. The second-order valence-corrected chi connectivity index (χ2v) is 10.2. The van der Waals surface area contributed by atoms with E-state index in [9.17, 15) is 27.9 Å². The van der Waals surface area contributed by atoms with Gasteiger partial charge in [-0.3, -0.25) is 4.79 Å². The number of nitrogens with one attached hydrogen (secondary N) is 1. The Balaban J connectivity index is 1.75. The Hall–Kier alpha value is -2.77. The molecule has 2 aromatic carbocycles. The fourth-order valence-corrected chi connectivity index (χ4v) is 4.54. The van der Waals surface area contributed by atoms with E-state index in [-0.39, 0.29) is 30.9 Å². The Labute approximate surface area is 197 Å². The van der Waals surface area contributed by atoms with Crippen molar-refractivity contribution in [2.24, 2.45) is 17.3 Å². The van der Waals surface area contributed by atoms with Crippen molar-refractivity contribution in [1.82, 2.24) is 5.32 Å². The first kappa shape index (κ1) is 25.8.